The number of hydrogen-bond donors (Lipinski definition) is 0. The molecule has 1 heterocycles. The highest BCUT2D eigenvalue weighted by atomic mass is 35.5. The molecule has 2 atom stereocenters. The molecule has 0 spiro atoms. The molecule has 1 aromatic carbocycles. The van der Waals surface area contributed by atoms with Crippen LogP contribution in [0.25, 0.3) is 0 Å². The van der Waals surface area contributed by atoms with Crippen molar-refractivity contribution in [1.82, 2.24) is 4.90 Å². The van der Waals surface area contributed by atoms with Crippen molar-refractivity contribution in [3.63, 3.8) is 0 Å². The lowest BCUT2D eigenvalue weighted by Gasteiger charge is -2.35. The standard InChI is InChI=1S/C14H16Cl2FNO/c1-8-3-9(2)7-18(6-8)14(19)10-4-13(17)12(16)5-11(10)15/h4-5,8-9H,3,6-7H2,1-2H3. The SMILES string of the molecule is CC1CC(C)CN(C(=O)c2cc(F)c(Cl)cc2Cl)C1. The van der Waals surface area contributed by atoms with Gasteiger partial charge in [-0.25, -0.2) is 4.39 Å². The van der Waals surface area contributed by atoms with Crippen LogP contribution in [0, 0.1) is 17.7 Å². The van der Waals surface area contributed by atoms with E-state index in [-0.39, 0.29) is 21.5 Å². The van der Waals surface area contributed by atoms with Crippen LogP contribution >= 0.6 is 23.2 Å². The molecule has 0 N–H and O–H groups in total. The summed E-state index contributed by atoms with van der Waals surface area (Å²) in [4.78, 5) is 14.2. The molecule has 0 aliphatic carbocycles. The quantitative estimate of drug-likeness (QED) is 0.710. The fourth-order valence-corrected chi connectivity index (χ4v) is 3.15. The molecule has 0 saturated carbocycles. The number of nitrogens with zero attached hydrogens (tertiary/aromatic N) is 1. The average Bonchev–Trinajstić information content (AvgIpc) is 2.31. The lowest BCUT2D eigenvalue weighted by molar-refractivity contribution is 0.0623. The fraction of sp³-hybridized carbons (Fsp3) is 0.500. The molecule has 1 amide bonds. The monoisotopic (exact) mass is 303 g/mol. The predicted octanol–water partition coefficient (Wildman–Crippen LogP) is 4.25. The van der Waals surface area contributed by atoms with Crippen molar-refractivity contribution in [2.45, 2.75) is 20.3 Å². The van der Waals surface area contributed by atoms with Crippen molar-refractivity contribution < 1.29 is 9.18 Å². The zero-order chi connectivity index (χ0) is 14.2. The van der Waals surface area contributed by atoms with Crippen molar-refractivity contribution in [1.29, 1.82) is 0 Å². The zero-order valence-electron chi connectivity index (χ0n) is 10.9. The van der Waals surface area contributed by atoms with E-state index in [2.05, 4.69) is 13.8 Å². The number of hydrogen-bond acceptors (Lipinski definition) is 1. The van der Waals surface area contributed by atoms with Gasteiger partial charge in [-0.3, -0.25) is 4.79 Å². The maximum Gasteiger partial charge on any atom is 0.255 e. The molecule has 1 saturated heterocycles. The Morgan fingerprint density at radius 1 is 1.21 bits per heavy atom. The van der Waals surface area contributed by atoms with Gasteiger partial charge in [-0.2, -0.15) is 0 Å². The Balaban J connectivity index is 2.26. The first-order valence-electron chi connectivity index (χ1n) is 6.32. The number of carbonyl (C=O) groups is 1. The average molecular weight is 304 g/mol. The van der Waals surface area contributed by atoms with E-state index in [9.17, 15) is 9.18 Å². The molecule has 104 valence electrons. The van der Waals surface area contributed by atoms with Crippen LogP contribution in [0.3, 0.4) is 0 Å². The molecule has 5 heteroatoms. The van der Waals surface area contributed by atoms with Crippen LogP contribution in [0.1, 0.15) is 30.6 Å². The Morgan fingerprint density at radius 2 is 1.79 bits per heavy atom. The third kappa shape index (κ3) is 3.21. The van der Waals surface area contributed by atoms with Crippen LogP contribution in [0.4, 0.5) is 4.39 Å². The van der Waals surface area contributed by atoms with Crippen LogP contribution in [0.5, 0.6) is 0 Å². The van der Waals surface area contributed by atoms with E-state index >= 15 is 0 Å². The minimum absolute atomic E-state index is 0.0677. The highest BCUT2D eigenvalue weighted by molar-refractivity contribution is 6.36. The minimum atomic E-state index is -0.618. The van der Waals surface area contributed by atoms with E-state index in [1.807, 2.05) is 0 Å². The second-order valence-electron chi connectivity index (χ2n) is 5.40. The van der Waals surface area contributed by atoms with Crippen molar-refractivity contribution in [2.24, 2.45) is 11.8 Å². The molecule has 1 aliphatic heterocycles. The van der Waals surface area contributed by atoms with Crippen LogP contribution in [-0.2, 0) is 0 Å². The molecule has 1 fully saturated rings. The molecular weight excluding hydrogens is 288 g/mol. The summed E-state index contributed by atoms with van der Waals surface area (Å²) in [5.41, 5.74) is 0.185. The number of piperidine rings is 1. The third-order valence-electron chi connectivity index (χ3n) is 3.40. The Labute approximate surface area is 122 Å². The van der Waals surface area contributed by atoms with Gasteiger partial charge >= 0.3 is 0 Å². The largest absolute Gasteiger partial charge is 0.338 e. The molecule has 2 nitrogen and oxygen atoms in total. The molecule has 0 bridgehead atoms. The summed E-state index contributed by atoms with van der Waals surface area (Å²) in [5.74, 6) is 0.0544. The smallest absolute Gasteiger partial charge is 0.255 e. The summed E-state index contributed by atoms with van der Waals surface area (Å²) in [6.07, 6.45) is 1.10. The van der Waals surface area contributed by atoms with Gasteiger partial charge in [-0.05, 0) is 30.4 Å². The normalized spacial score (nSPS) is 23.5. The van der Waals surface area contributed by atoms with Gasteiger partial charge in [-0.15, -0.1) is 0 Å². The van der Waals surface area contributed by atoms with Crippen molar-refractivity contribution in [3.8, 4) is 0 Å². The van der Waals surface area contributed by atoms with E-state index in [1.165, 1.54) is 6.07 Å². The second kappa shape index (κ2) is 5.68. The number of rotatable bonds is 1. The third-order valence-corrected chi connectivity index (χ3v) is 4.00. The number of likely N-dealkylation sites (tertiary alicyclic amines) is 1. The lowest BCUT2D eigenvalue weighted by atomic mass is 9.91. The van der Waals surface area contributed by atoms with Gasteiger partial charge in [0, 0.05) is 13.1 Å². The zero-order valence-corrected chi connectivity index (χ0v) is 12.4. The Bertz CT molecular complexity index is 496. The van der Waals surface area contributed by atoms with E-state index in [4.69, 9.17) is 23.2 Å². The topological polar surface area (TPSA) is 20.3 Å². The molecule has 1 aliphatic rings. The summed E-state index contributed by atoms with van der Waals surface area (Å²) in [6.45, 7) is 5.59. The number of carbonyl (C=O) groups excluding carboxylic acids is 1. The first kappa shape index (κ1) is 14.6. The molecule has 1 aromatic rings. The van der Waals surface area contributed by atoms with E-state index in [0.29, 0.717) is 24.9 Å². The lowest BCUT2D eigenvalue weighted by Crippen LogP contribution is -2.42. The number of amides is 1. The summed E-state index contributed by atoms with van der Waals surface area (Å²) >= 11 is 11.6. The Hall–Kier alpha value is -0.800. The van der Waals surface area contributed by atoms with Crippen LogP contribution in [0.2, 0.25) is 10.0 Å². The molecular formula is C14H16Cl2FNO. The van der Waals surface area contributed by atoms with Crippen molar-refractivity contribution >= 4 is 29.1 Å². The Morgan fingerprint density at radius 3 is 2.37 bits per heavy atom. The molecule has 19 heavy (non-hydrogen) atoms. The first-order chi connectivity index (χ1) is 8.88. The summed E-state index contributed by atoms with van der Waals surface area (Å²) < 4.78 is 13.5. The van der Waals surface area contributed by atoms with Gasteiger partial charge in [0.15, 0.2) is 0 Å². The highest BCUT2D eigenvalue weighted by Gasteiger charge is 2.27. The number of halogens is 3. The van der Waals surface area contributed by atoms with E-state index in [1.54, 1.807) is 4.90 Å². The molecule has 2 unspecified atom stereocenters. The first-order valence-corrected chi connectivity index (χ1v) is 7.08. The van der Waals surface area contributed by atoms with Gasteiger partial charge in [-0.1, -0.05) is 37.0 Å². The van der Waals surface area contributed by atoms with Gasteiger partial charge in [0.2, 0.25) is 0 Å². The maximum absolute atomic E-state index is 13.5. The summed E-state index contributed by atoms with van der Waals surface area (Å²) in [7, 11) is 0. The predicted molar refractivity (Wildman–Crippen MR) is 75.3 cm³/mol. The summed E-state index contributed by atoms with van der Waals surface area (Å²) in [6, 6.07) is 2.40. The fourth-order valence-electron chi connectivity index (χ4n) is 2.69. The van der Waals surface area contributed by atoms with E-state index < -0.39 is 5.82 Å². The molecule has 0 radical (unpaired) electrons. The van der Waals surface area contributed by atoms with Crippen LogP contribution < -0.4 is 0 Å². The van der Waals surface area contributed by atoms with Crippen molar-refractivity contribution in [2.75, 3.05) is 13.1 Å². The van der Waals surface area contributed by atoms with E-state index in [0.717, 1.165) is 12.5 Å². The minimum Gasteiger partial charge on any atom is -0.338 e. The number of benzene rings is 1. The molecule has 2 rings (SSSR count). The second-order valence-corrected chi connectivity index (χ2v) is 6.22. The van der Waals surface area contributed by atoms with Crippen LogP contribution in [-0.4, -0.2) is 23.9 Å². The van der Waals surface area contributed by atoms with Crippen molar-refractivity contribution in [3.05, 3.63) is 33.6 Å². The highest BCUT2D eigenvalue weighted by Crippen LogP contribution is 2.28. The Kier molecular flexibility index (Phi) is 4.36. The van der Waals surface area contributed by atoms with Gasteiger partial charge in [0.1, 0.15) is 5.82 Å². The van der Waals surface area contributed by atoms with Crippen LogP contribution in [0.15, 0.2) is 12.1 Å². The van der Waals surface area contributed by atoms with Gasteiger partial charge in [0.25, 0.3) is 5.91 Å². The summed E-state index contributed by atoms with van der Waals surface area (Å²) in [5, 5.41) is 0.129. The maximum atomic E-state index is 13.5. The van der Waals surface area contributed by atoms with Gasteiger partial charge in [0.05, 0.1) is 15.6 Å². The molecule has 0 aromatic heterocycles. The van der Waals surface area contributed by atoms with Gasteiger partial charge < -0.3 is 4.90 Å².